The minimum absolute atomic E-state index is 0.0273. The van der Waals surface area contributed by atoms with Crippen LogP contribution < -0.4 is 5.32 Å². The maximum absolute atomic E-state index is 12.8. The molecule has 0 spiro atoms. The van der Waals surface area contributed by atoms with E-state index in [0.29, 0.717) is 6.42 Å². The van der Waals surface area contributed by atoms with Gasteiger partial charge in [-0.3, -0.25) is 9.59 Å². The van der Waals surface area contributed by atoms with E-state index in [1.165, 1.54) is 18.3 Å². The van der Waals surface area contributed by atoms with Crippen molar-refractivity contribution in [2.24, 2.45) is 5.92 Å². The number of carbonyl (C=O) groups excluding carboxylic acids is 2. The molecule has 2 rings (SSSR count). The van der Waals surface area contributed by atoms with E-state index >= 15 is 0 Å². The molecule has 5 nitrogen and oxygen atoms in total. The molecule has 116 valence electrons. The summed E-state index contributed by atoms with van der Waals surface area (Å²) in [4.78, 5) is 28.0. The quantitative estimate of drug-likeness (QED) is 0.831. The molecule has 2 aromatic rings. The lowest BCUT2D eigenvalue weighted by Crippen LogP contribution is -2.29. The molecular formula is C17H14FN3O2. The van der Waals surface area contributed by atoms with Gasteiger partial charge in [-0.05, 0) is 36.2 Å². The fourth-order valence-electron chi connectivity index (χ4n) is 1.97. The lowest BCUT2D eigenvalue weighted by Gasteiger charge is -2.09. The van der Waals surface area contributed by atoms with E-state index in [4.69, 9.17) is 5.26 Å². The normalized spacial score (nSPS) is 11.3. The van der Waals surface area contributed by atoms with Crippen LogP contribution in [0, 0.1) is 23.1 Å². The van der Waals surface area contributed by atoms with Crippen LogP contribution in [0.25, 0.3) is 0 Å². The first-order valence-corrected chi connectivity index (χ1v) is 6.99. The van der Waals surface area contributed by atoms with E-state index in [0.717, 1.165) is 5.56 Å². The van der Waals surface area contributed by atoms with Gasteiger partial charge in [0.15, 0.2) is 11.7 Å². The van der Waals surface area contributed by atoms with E-state index in [2.05, 4.69) is 10.3 Å². The standard InChI is InChI=1S/C17H14FN3O2/c18-13-7-4-12(5-8-13)6-9-15(22)14(11-19)17(23)21-16-3-1-2-10-20-16/h1-5,7-8,10,14H,6,9H2,(H,20,21,23)/t14-/m0/s1. The SMILES string of the molecule is N#C[C@@H](C(=O)CCc1ccc(F)cc1)C(=O)Nc1ccccn1. The third-order valence-corrected chi connectivity index (χ3v) is 3.20. The van der Waals surface area contributed by atoms with Gasteiger partial charge < -0.3 is 5.32 Å². The number of nitrogens with one attached hydrogen (secondary N) is 1. The molecule has 0 radical (unpaired) electrons. The number of benzene rings is 1. The summed E-state index contributed by atoms with van der Waals surface area (Å²) in [5.74, 6) is -2.65. The Kier molecular flexibility index (Phi) is 5.53. The van der Waals surface area contributed by atoms with E-state index in [9.17, 15) is 14.0 Å². The second kappa shape index (κ2) is 7.80. The van der Waals surface area contributed by atoms with Crippen molar-refractivity contribution in [1.82, 2.24) is 4.98 Å². The Morgan fingerprint density at radius 3 is 2.57 bits per heavy atom. The largest absolute Gasteiger partial charge is 0.309 e. The molecule has 1 heterocycles. The maximum Gasteiger partial charge on any atom is 0.250 e. The van der Waals surface area contributed by atoms with Crippen molar-refractivity contribution in [3.05, 3.63) is 60.0 Å². The van der Waals surface area contributed by atoms with Crippen molar-refractivity contribution in [3.8, 4) is 6.07 Å². The molecule has 0 aliphatic rings. The second-order valence-electron chi connectivity index (χ2n) is 4.86. The second-order valence-corrected chi connectivity index (χ2v) is 4.86. The molecule has 0 bridgehead atoms. The van der Waals surface area contributed by atoms with Crippen molar-refractivity contribution in [2.45, 2.75) is 12.8 Å². The van der Waals surface area contributed by atoms with Crippen molar-refractivity contribution in [2.75, 3.05) is 5.32 Å². The highest BCUT2D eigenvalue weighted by atomic mass is 19.1. The smallest absolute Gasteiger partial charge is 0.250 e. The number of nitrogens with zero attached hydrogens (tertiary/aromatic N) is 2. The van der Waals surface area contributed by atoms with Gasteiger partial charge in [-0.15, -0.1) is 0 Å². The number of aromatic nitrogens is 1. The molecule has 0 fully saturated rings. The van der Waals surface area contributed by atoms with Crippen LogP contribution in [-0.2, 0) is 16.0 Å². The number of hydrogen-bond acceptors (Lipinski definition) is 4. The van der Waals surface area contributed by atoms with Crippen LogP contribution in [0.15, 0.2) is 48.7 Å². The molecule has 1 N–H and O–H groups in total. The van der Waals surface area contributed by atoms with E-state index < -0.39 is 17.6 Å². The fourth-order valence-corrected chi connectivity index (χ4v) is 1.97. The minimum Gasteiger partial charge on any atom is -0.309 e. The summed E-state index contributed by atoms with van der Waals surface area (Å²) in [6, 6.07) is 12.4. The number of hydrogen-bond donors (Lipinski definition) is 1. The number of anilines is 1. The number of aryl methyl sites for hydroxylation is 1. The van der Waals surface area contributed by atoms with Gasteiger partial charge >= 0.3 is 0 Å². The zero-order valence-electron chi connectivity index (χ0n) is 12.2. The Hall–Kier alpha value is -3.07. The summed E-state index contributed by atoms with van der Waals surface area (Å²) in [6.45, 7) is 0. The molecule has 0 aliphatic carbocycles. The van der Waals surface area contributed by atoms with Gasteiger partial charge in [0.05, 0.1) is 6.07 Å². The summed E-state index contributed by atoms with van der Waals surface area (Å²) in [5.41, 5.74) is 0.765. The Morgan fingerprint density at radius 1 is 1.22 bits per heavy atom. The number of halogens is 1. The van der Waals surface area contributed by atoms with Gasteiger partial charge in [-0.25, -0.2) is 9.37 Å². The van der Waals surface area contributed by atoms with Crippen LogP contribution in [0.4, 0.5) is 10.2 Å². The summed E-state index contributed by atoms with van der Waals surface area (Å²) in [7, 11) is 0. The first kappa shape index (κ1) is 16.3. The molecule has 0 saturated heterocycles. The summed E-state index contributed by atoms with van der Waals surface area (Å²) in [5, 5.41) is 11.5. The van der Waals surface area contributed by atoms with Crippen molar-refractivity contribution >= 4 is 17.5 Å². The Morgan fingerprint density at radius 2 is 1.96 bits per heavy atom. The summed E-state index contributed by atoms with van der Waals surface area (Å²) < 4.78 is 12.8. The van der Waals surface area contributed by atoms with E-state index in [1.54, 1.807) is 36.4 Å². The molecule has 1 atom stereocenters. The Balaban J connectivity index is 1.94. The number of rotatable bonds is 6. The molecule has 23 heavy (non-hydrogen) atoms. The number of carbonyl (C=O) groups is 2. The first-order valence-electron chi connectivity index (χ1n) is 6.99. The van der Waals surface area contributed by atoms with E-state index in [1.807, 2.05) is 0 Å². The predicted molar refractivity (Wildman–Crippen MR) is 81.7 cm³/mol. The molecular weight excluding hydrogens is 297 g/mol. The fraction of sp³-hybridized carbons (Fsp3) is 0.176. The van der Waals surface area contributed by atoms with Gasteiger partial charge in [-0.2, -0.15) is 5.26 Å². The minimum atomic E-state index is -1.39. The topological polar surface area (TPSA) is 82.8 Å². The van der Waals surface area contributed by atoms with Crippen LogP contribution in [0.1, 0.15) is 12.0 Å². The molecule has 0 aliphatic heterocycles. The third kappa shape index (κ3) is 4.71. The van der Waals surface area contributed by atoms with Gasteiger partial charge in [0.25, 0.3) is 5.91 Å². The average molecular weight is 311 g/mol. The third-order valence-electron chi connectivity index (χ3n) is 3.20. The highest BCUT2D eigenvalue weighted by Gasteiger charge is 2.26. The molecule has 0 unspecified atom stereocenters. The highest BCUT2D eigenvalue weighted by molar-refractivity contribution is 6.09. The van der Waals surface area contributed by atoms with Crippen LogP contribution >= 0.6 is 0 Å². The summed E-state index contributed by atoms with van der Waals surface area (Å²) in [6.07, 6.45) is 1.86. The van der Waals surface area contributed by atoms with Crippen molar-refractivity contribution < 1.29 is 14.0 Å². The number of pyridine rings is 1. The molecule has 1 amide bonds. The molecule has 1 aromatic heterocycles. The molecule has 6 heteroatoms. The lowest BCUT2D eigenvalue weighted by atomic mass is 9.98. The Labute approximate surface area is 132 Å². The molecule has 0 saturated carbocycles. The lowest BCUT2D eigenvalue weighted by molar-refractivity contribution is -0.128. The maximum atomic E-state index is 12.8. The van der Waals surface area contributed by atoms with Crippen molar-refractivity contribution in [1.29, 1.82) is 5.26 Å². The van der Waals surface area contributed by atoms with Gasteiger partial charge in [-0.1, -0.05) is 18.2 Å². The number of amides is 1. The monoisotopic (exact) mass is 311 g/mol. The Bertz CT molecular complexity index is 724. The van der Waals surface area contributed by atoms with Gasteiger partial charge in [0, 0.05) is 12.6 Å². The van der Waals surface area contributed by atoms with Crippen LogP contribution in [0.3, 0.4) is 0 Å². The summed E-state index contributed by atoms with van der Waals surface area (Å²) >= 11 is 0. The zero-order chi connectivity index (χ0) is 16.7. The van der Waals surface area contributed by atoms with Gasteiger partial charge in [0.1, 0.15) is 11.6 Å². The highest BCUT2D eigenvalue weighted by Crippen LogP contribution is 2.11. The van der Waals surface area contributed by atoms with Crippen molar-refractivity contribution in [3.63, 3.8) is 0 Å². The van der Waals surface area contributed by atoms with Gasteiger partial charge in [0.2, 0.25) is 0 Å². The molecule has 1 aromatic carbocycles. The zero-order valence-corrected chi connectivity index (χ0v) is 12.2. The predicted octanol–water partition coefficient (Wildman–Crippen LogP) is 2.50. The number of ketones is 1. The average Bonchev–Trinajstić information content (AvgIpc) is 2.56. The number of nitriles is 1. The van der Waals surface area contributed by atoms with Crippen LogP contribution in [0.5, 0.6) is 0 Å². The van der Waals surface area contributed by atoms with Crippen LogP contribution in [-0.4, -0.2) is 16.7 Å². The van der Waals surface area contributed by atoms with E-state index in [-0.39, 0.29) is 18.1 Å². The number of Topliss-reactive ketones (excluding diaryl/α,β-unsaturated/α-hetero) is 1. The first-order chi connectivity index (χ1) is 11.1. The van der Waals surface area contributed by atoms with Crippen LogP contribution in [0.2, 0.25) is 0 Å².